The Kier molecular flexibility index (Phi) is 6.35. The van der Waals surface area contributed by atoms with Crippen molar-refractivity contribution >= 4 is 29.4 Å². The van der Waals surface area contributed by atoms with Crippen molar-refractivity contribution in [3.8, 4) is 5.69 Å². The summed E-state index contributed by atoms with van der Waals surface area (Å²) < 4.78 is 1.62. The number of nitrogens with zero attached hydrogens (tertiary/aromatic N) is 6. The van der Waals surface area contributed by atoms with Crippen LogP contribution < -0.4 is 15.5 Å². The lowest BCUT2D eigenvalue weighted by Crippen LogP contribution is -2.23. The number of hydrogen-bond donors (Lipinski definition) is 2. The molecule has 0 saturated heterocycles. The van der Waals surface area contributed by atoms with Gasteiger partial charge >= 0.3 is 0 Å². The summed E-state index contributed by atoms with van der Waals surface area (Å²) in [6.07, 6.45) is 1.51. The second-order valence-electron chi connectivity index (χ2n) is 6.89. The van der Waals surface area contributed by atoms with E-state index in [1.54, 1.807) is 28.9 Å². The predicted octanol–water partition coefficient (Wildman–Crippen LogP) is 3.90. The minimum Gasteiger partial charge on any atom is -0.357 e. The van der Waals surface area contributed by atoms with Crippen LogP contribution in [0.25, 0.3) is 5.69 Å². The highest BCUT2D eigenvalue weighted by molar-refractivity contribution is 6.03. The molecular formula is C23H24N8O. The van der Waals surface area contributed by atoms with Gasteiger partial charge < -0.3 is 10.2 Å². The Morgan fingerprint density at radius 3 is 2.34 bits per heavy atom. The molecule has 2 aromatic carbocycles. The highest BCUT2D eigenvalue weighted by Gasteiger charge is 2.16. The number of anilines is 4. The summed E-state index contributed by atoms with van der Waals surface area (Å²) in [4.78, 5) is 27.9. The van der Waals surface area contributed by atoms with Gasteiger partial charge in [-0.05, 0) is 38.1 Å². The van der Waals surface area contributed by atoms with Crippen LogP contribution in [0.3, 0.4) is 0 Å². The van der Waals surface area contributed by atoms with E-state index in [0.717, 1.165) is 24.6 Å². The first-order chi connectivity index (χ1) is 15.7. The number of nitrogens with one attached hydrogen (secondary N) is 2. The minimum atomic E-state index is -0.284. The van der Waals surface area contributed by atoms with Crippen LogP contribution in [0.4, 0.5) is 23.5 Å². The highest BCUT2D eigenvalue weighted by Crippen LogP contribution is 2.21. The van der Waals surface area contributed by atoms with Gasteiger partial charge in [0.15, 0.2) is 0 Å². The molecule has 2 aromatic heterocycles. The fraction of sp³-hybridized carbons (Fsp3) is 0.174. The fourth-order valence-corrected chi connectivity index (χ4v) is 3.21. The summed E-state index contributed by atoms with van der Waals surface area (Å²) in [5.41, 5.74) is 1.32. The quantitative estimate of drug-likeness (QED) is 0.439. The Hall–Kier alpha value is -4.27. The summed E-state index contributed by atoms with van der Waals surface area (Å²) in [5, 5.41) is 10.5. The van der Waals surface area contributed by atoms with Gasteiger partial charge in [0, 0.05) is 24.7 Å². The zero-order valence-electron chi connectivity index (χ0n) is 17.9. The summed E-state index contributed by atoms with van der Waals surface area (Å²) in [6.45, 7) is 5.82. The molecule has 32 heavy (non-hydrogen) atoms. The lowest BCUT2D eigenvalue weighted by atomic mass is 10.2. The number of carbonyl (C=O) groups is 1. The van der Waals surface area contributed by atoms with Crippen molar-refractivity contribution in [3.63, 3.8) is 0 Å². The van der Waals surface area contributed by atoms with Crippen LogP contribution in [0.15, 0.2) is 73.1 Å². The first-order valence-electron chi connectivity index (χ1n) is 10.4. The molecule has 0 spiro atoms. The average molecular weight is 429 g/mol. The molecule has 162 valence electrons. The van der Waals surface area contributed by atoms with Crippen molar-refractivity contribution < 1.29 is 4.79 Å². The molecule has 0 saturated carbocycles. The average Bonchev–Trinajstić information content (AvgIpc) is 3.23. The van der Waals surface area contributed by atoms with Crippen LogP contribution in [-0.4, -0.2) is 43.7 Å². The molecule has 4 rings (SSSR count). The Balaban J connectivity index is 1.65. The lowest BCUT2D eigenvalue weighted by Gasteiger charge is -2.19. The van der Waals surface area contributed by atoms with Gasteiger partial charge in [-0.15, -0.1) is 5.10 Å². The van der Waals surface area contributed by atoms with Crippen molar-refractivity contribution in [1.29, 1.82) is 0 Å². The molecule has 0 aliphatic rings. The van der Waals surface area contributed by atoms with Gasteiger partial charge in [0.1, 0.15) is 18.0 Å². The molecule has 0 aliphatic heterocycles. The fourth-order valence-electron chi connectivity index (χ4n) is 3.21. The maximum Gasteiger partial charge on any atom is 0.258 e. The van der Waals surface area contributed by atoms with Crippen molar-refractivity contribution in [1.82, 2.24) is 24.7 Å². The number of carbonyl (C=O) groups excluding carboxylic acids is 1. The number of amides is 1. The third kappa shape index (κ3) is 4.72. The Morgan fingerprint density at radius 1 is 0.969 bits per heavy atom. The number of para-hydroxylation sites is 1. The highest BCUT2D eigenvalue weighted by atomic mass is 16.1. The Labute approximate surface area is 186 Å². The van der Waals surface area contributed by atoms with E-state index in [1.807, 2.05) is 42.5 Å². The second kappa shape index (κ2) is 9.69. The summed E-state index contributed by atoms with van der Waals surface area (Å²) in [5.74, 6) is 1.71. The molecule has 1 amide bonds. The molecule has 0 fully saturated rings. The number of hydrogen-bond acceptors (Lipinski definition) is 7. The second-order valence-corrected chi connectivity index (χ2v) is 6.89. The first-order valence-corrected chi connectivity index (χ1v) is 10.4. The van der Waals surface area contributed by atoms with E-state index < -0.39 is 0 Å². The molecule has 0 aliphatic carbocycles. The van der Waals surface area contributed by atoms with Crippen LogP contribution in [0.1, 0.15) is 24.2 Å². The predicted molar refractivity (Wildman–Crippen MR) is 125 cm³/mol. The van der Waals surface area contributed by atoms with Crippen molar-refractivity contribution in [2.24, 2.45) is 0 Å². The van der Waals surface area contributed by atoms with Crippen molar-refractivity contribution in [2.75, 3.05) is 28.6 Å². The van der Waals surface area contributed by atoms with E-state index in [4.69, 9.17) is 0 Å². The van der Waals surface area contributed by atoms with Gasteiger partial charge in [-0.25, -0.2) is 9.97 Å². The molecule has 0 unspecified atom stereocenters. The van der Waals surface area contributed by atoms with Gasteiger partial charge in [-0.2, -0.15) is 9.67 Å². The minimum absolute atomic E-state index is 0.184. The molecule has 0 radical (unpaired) electrons. The zero-order chi connectivity index (χ0) is 22.3. The van der Waals surface area contributed by atoms with E-state index in [1.165, 1.54) is 6.33 Å². The van der Waals surface area contributed by atoms with Crippen LogP contribution in [-0.2, 0) is 0 Å². The van der Waals surface area contributed by atoms with Crippen LogP contribution >= 0.6 is 0 Å². The third-order valence-corrected chi connectivity index (χ3v) is 4.85. The topological polar surface area (TPSA) is 101 Å². The molecule has 9 heteroatoms. The van der Waals surface area contributed by atoms with E-state index in [-0.39, 0.29) is 11.9 Å². The number of aromatic nitrogens is 5. The Bertz CT molecular complexity index is 1170. The standard InChI is InChI=1S/C23H24N8O/c1-3-30(4-2)20-15-19(24-16-25-20)26-23-28-22(27-21(32)17-11-7-5-8-12-17)29-31(23)18-13-9-6-10-14-18/h5-16H,3-4H2,1-2H3,(H2,24,25,26,27,28,29,32). The van der Waals surface area contributed by atoms with Crippen molar-refractivity contribution in [3.05, 3.63) is 78.6 Å². The number of benzene rings is 2. The smallest absolute Gasteiger partial charge is 0.258 e. The normalized spacial score (nSPS) is 10.6. The van der Waals surface area contributed by atoms with Gasteiger partial charge in [-0.1, -0.05) is 36.4 Å². The van der Waals surface area contributed by atoms with Crippen LogP contribution in [0.2, 0.25) is 0 Å². The molecule has 9 nitrogen and oxygen atoms in total. The lowest BCUT2D eigenvalue weighted by molar-refractivity contribution is 0.102. The molecule has 2 heterocycles. The summed E-state index contributed by atoms with van der Waals surface area (Å²) in [7, 11) is 0. The Morgan fingerprint density at radius 2 is 1.66 bits per heavy atom. The molecule has 4 aromatic rings. The SMILES string of the molecule is CCN(CC)c1cc(Nc2nc(NC(=O)c3ccccc3)nn2-c2ccccc2)ncn1. The molecule has 0 bridgehead atoms. The van der Waals surface area contributed by atoms with Gasteiger partial charge in [0.2, 0.25) is 5.95 Å². The third-order valence-electron chi connectivity index (χ3n) is 4.85. The van der Waals surface area contributed by atoms with Gasteiger partial charge in [0.05, 0.1) is 5.69 Å². The molecule has 2 N–H and O–H groups in total. The number of rotatable bonds is 8. The molecule has 0 atom stereocenters. The molecular weight excluding hydrogens is 404 g/mol. The van der Waals surface area contributed by atoms with E-state index in [9.17, 15) is 4.79 Å². The van der Waals surface area contributed by atoms with Gasteiger partial charge in [0.25, 0.3) is 11.9 Å². The largest absolute Gasteiger partial charge is 0.357 e. The van der Waals surface area contributed by atoms with Crippen molar-refractivity contribution in [2.45, 2.75) is 13.8 Å². The van der Waals surface area contributed by atoms with E-state index >= 15 is 0 Å². The maximum atomic E-state index is 12.6. The van der Waals surface area contributed by atoms with Gasteiger partial charge in [-0.3, -0.25) is 10.1 Å². The summed E-state index contributed by atoms with van der Waals surface area (Å²) in [6, 6.07) is 20.4. The van der Waals surface area contributed by atoms with Crippen LogP contribution in [0, 0.1) is 0 Å². The van der Waals surface area contributed by atoms with Crippen LogP contribution in [0.5, 0.6) is 0 Å². The first kappa shape index (κ1) is 21.0. The van der Waals surface area contributed by atoms with E-state index in [2.05, 4.69) is 49.4 Å². The zero-order valence-corrected chi connectivity index (χ0v) is 17.9. The van der Waals surface area contributed by atoms with E-state index in [0.29, 0.717) is 17.3 Å². The maximum absolute atomic E-state index is 12.6. The monoisotopic (exact) mass is 428 g/mol. The summed E-state index contributed by atoms with van der Waals surface area (Å²) >= 11 is 0.